The molecular formula is C26H32N2O6S. The summed E-state index contributed by atoms with van der Waals surface area (Å²) in [5.41, 5.74) is 1.68. The van der Waals surface area contributed by atoms with Crippen LogP contribution in [-0.4, -0.2) is 50.8 Å². The van der Waals surface area contributed by atoms with E-state index in [1.165, 1.54) is 25.7 Å². The molecule has 0 fully saturated rings. The van der Waals surface area contributed by atoms with E-state index >= 15 is 0 Å². The van der Waals surface area contributed by atoms with E-state index in [4.69, 9.17) is 9.15 Å². The van der Waals surface area contributed by atoms with E-state index < -0.39 is 15.8 Å². The summed E-state index contributed by atoms with van der Waals surface area (Å²) in [4.78, 5) is 14.6. The number of sulfone groups is 1. The number of nitrogens with zero attached hydrogens (tertiary/aromatic N) is 1. The van der Waals surface area contributed by atoms with Gasteiger partial charge in [0.1, 0.15) is 11.3 Å². The Labute approximate surface area is 206 Å². The number of furan rings is 1. The fraction of sp³-hybridized carbons (Fsp3) is 0.346. The molecule has 35 heavy (non-hydrogen) atoms. The van der Waals surface area contributed by atoms with Crippen molar-refractivity contribution in [2.24, 2.45) is 0 Å². The second-order valence-electron chi connectivity index (χ2n) is 8.04. The summed E-state index contributed by atoms with van der Waals surface area (Å²) >= 11 is 0. The molecular weight excluding hydrogens is 468 g/mol. The Hall–Kier alpha value is -3.30. The Balaban J connectivity index is 2.31. The van der Waals surface area contributed by atoms with E-state index in [2.05, 4.69) is 10.2 Å². The van der Waals surface area contributed by atoms with Crippen LogP contribution in [0, 0.1) is 0 Å². The summed E-state index contributed by atoms with van der Waals surface area (Å²) in [5.74, 6) is -1.45. The molecule has 0 saturated heterocycles. The van der Waals surface area contributed by atoms with Crippen molar-refractivity contribution in [1.82, 2.24) is 4.90 Å². The van der Waals surface area contributed by atoms with Crippen molar-refractivity contribution in [3.63, 3.8) is 0 Å². The molecule has 188 valence electrons. The van der Waals surface area contributed by atoms with Gasteiger partial charge >= 0.3 is 5.97 Å². The first-order chi connectivity index (χ1) is 16.8. The minimum Gasteiger partial charge on any atom is -0.495 e. The average Bonchev–Trinajstić information content (AvgIpc) is 3.39. The highest BCUT2D eigenvalue weighted by Crippen LogP contribution is 2.43. The zero-order chi connectivity index (χ0) is 25.6. The van der Waals surface area contributed by atoms with Crippen molar-refractivity contribution in [1.29, 1.82) is 0 Å². The van der Waals surface area contributed by atoms with Gasteiger partial charge in [-0.2, -0.15) is 0 Å². The van der Waals surface area contributed by atoms with Gasteiger partial charge in [0, 0.05) is 22.4 Å². The van der Waals surface area contributed by atoms with Crippen molar-refractivity contribution in [3.8, 4) is 16.9 Å². The van der Waals surface area contributed by atoms with Crippen LogP contribution in [0.2, 0.25) is 0 Å². The quantitative estimate of drug-likeness (QED) is 0.330. The number of carbonyl (C=O) groups is 1. The van der Waals surface area contributed by atoms with Crippen molar-refractivity contribution in [2.45, 2.75) is 44.0 Å². The lowest BCUT2D eigenvalue weighted by molar-refractivity contribution is 0.0693. The summed E-state index contributed by atoms with van der Waals surface area (Å²) in [6.07, 6.45) is 3.50. The number of carboxylic acid groups (broad SMARTS) is 1. The molecule has 0 bridgehead atoms. The largest absolute Gasteiger partial charge is 0.495 e. The number of anilines is 1. The Morgan fingerprint density at radius 1 is 1.14 bits per heavy atom. The topological polar surface area (TPSA) is 109 Å². The fourth-order valence-electron chi connectivity index (χ4n) is 4.26. The van der Waals surface area contributed by atoms with E-state index in [-0.39, 0.29) is 28.1 Å². The first kappa shape index (κ1) is 26.3. The number of benzene rings is 2. The maximum absolute atomic E-state index is 13.5. The van der Waals surface area contributed by atoms with Crippen molar-refractivity contribution >= 4 is 21.5 Å². The number of hydrogen-bond acceptors (Lipinski definition) is 7. The highest BCUT2D eigenvalue weighted by Gasteiger charge is 2.29. The number of aromatic carboxylic acids is 1. The van der Waals surface area contributed by atoms with Gasteiger partial charge in [0.2, 0.25) is 0 Å². The number of nitrogens with one attached hydrogen (secondary N) is 1. The molecule has 0 aliphatic rings. The van der Waals surface area contributed by atoms with Crippen LogP contribution in [0.25, 0.3) is 11.1 Å². The summed E-state index contributed by atoms with van der Waals surface area (Å²) in [6, 6.07) is 11.3. The SMILES string of the molecule is CCC(Nc1cc(C(=O)O)c(OC)c(-c2ccoc2)c1CS(=O)(=O)c1ccccc1)N(CC)CC. The van der Waals surface area contributed by atoms with Gasteiger partial charge < -0.3 is 19.6 Å². The van der Waals surface area contributed by atoms with Gasteiger partial charge in [-0.3, -0.25) is 4.90 Å². The molecule has 0 amide bonds. The third-order valence-electron chi connectivity index (χ3n) is 6.03. The molecule has 1 atom stereocenters. The third kappa shape index (κ3) is 5.68. The van der Waals surface area contributed by atoms with Gasteiger partial charge in [-0.15, -0.1) is 0 Å². The normalized spacial score (nSPS) is 12.5. The summed E-state index contributed by atoms with van der Waals surface area (Å²) in [7, 11) is -2.39. The Morgan fingerprint density at radius 2 is 1.83 bits per heavy atom. The molecule has 2 aromatic carbocycles. The lowest BCUT2D eigenvalue weighted by atomic mass is 9.96. The average molecular weight is 501 g/mol. The van der Waals surface area contributed by atoms with Crippen molar-refractivity contribution in [3.05, 3.63) is 66.1 Å². The van der Waals surface area contributed by atoms with Crippen molar-refractivity contribution < 1.29 is 27.5 Å². The predicted octanol–water partition coefficient (Wildman–Crippen LogP) is 5.12. The molecule has 0 aliphatic carbocycles. The third-order valence-corrected chi connectivity index (χ3v) is 7.69. The molecule has 8 nitrogen and oxygen atoms in total. The minimum absolute atomic E-state index is 0.0681. The minimum atomic E-state index is -3.77. The highest BCUT2D eigenvalue weighted by molar-refractivity contribution is 7.90. The van der Waals surface area contributed by atoms with Crippen LogP contribution in [0.3, 0.4) is 0 Å². The molecule has 3 rings (SSSR count). The molecule has 0 aliphatic heterocycles. The van der Waals surface area contributed by atoms with E-state index in [9.17, 15) is 18.3 Å². The highest BCUT2D eigenvalue weighted by atomic mass is 32.2. The smallest absolute Gasteiger partial charge is 0.339 e. The van der Waals surface area contributed by atoms with Crippen molar-refractivity contribution in [2.75, 3.05) is 25.5 Å². The molecule has 0 spiro atoms. The van der Waals surface area contributed by atoms with E-state index in [1.54, 1.807) is 36.4 Å². The van der Waals surface area contributed by atoms with Gasteiger partial charge in [-0.25, -0.2) is 13.2 Å². The maximum atomic E-state index is 13.5. The van der Waals surface area contributed by atoms with Gasteiger partial charge in [0.05, 0.1) is 36.5 Å². The van der Waals surface area contributed by atoms with Crippen LogP contribution in [0.4, 0.5) is 5.69 Å². The molecule has 1 heterocycles. The fourth-order valence-corrected chi connectivity index (χ4v) is 5.68. The molecule has 0 saturated carbocycles. The molecule has 9 heteroatoms. The lowest BCUT2D eigenvalue weighted by Gasteiger charge is -2.32. The number of hydrogen-bond donors (Lipinski definition) is 2. The second-order valence-corrected chi connectivity index (χ2v) is 10.0. The van der Waals surface area contributed by atoms with E-state index in [1.807, 2.05) is 20.8 Å². The van der Waals surface area contributed by atoms with Gasteiger partial charge in [-0.05, 0) is 43.8 Å². The summed E-state index contributed by atoms with van der Waals surface area (Å²) in [6.45, 7) is 7.66. The number of carboxylic acids is 1. The van der Waals surface area contributed by atoms with Crippen LogP contribution < -0.4 is 10.1 Å². The maximum Gasteiger partial charge on any atom is 0.339 e. The van der Waals surface area contributed by atoms with Crippen LogP contribution in [0.1, 0.15) is 43.1 Å². The van der Waals surface area contributed by atoms with Gasteiger partial charge in [0.25, 0.3) is 0 Å². The zero-order valence-corrected chi connectivity index (χ0v) is 21.3. The molecule has 1 aromatic heterocycles. The number of ether oxygens (including phenoxy) is 1. The molecule has 0 radical (unpaired) electrons. The first-order valence-electron chi connectivity index (χ1n) is 11.5. The number of methoxy groups -OCH3 is 1. The lowest BCUT2D eigenvalue weighted by Crippen LogP contribution is -2.40. The van der Waals surface area contributed by atoms with Crippen LogP contribution in [0.15, 0.2) is 64.3 Å². The summed E-state index contributed by atoms with van der Waals surface area (Å²) < 4.78 is 37.8. The van der Waals surface area contributed by atoms with Gasteiger partial charge in [-0.1, -0.05) is 39.0 Å². The second kappa shape index (κ2) is 11.4. The standard InChI is InChI=1S/C26H32N2O6S/c1-5-23(28(6-2)7-3)27-22-15-20(26(29)30)25(33-4)24(18-13-14-34-16-18)21(22)17-35(31,32)19-11-9-8-10-12-19/h8-16,23,27H,5-7,17H2,1-4H3,(H,29,30). The molecule has 3 aromatic rings. The molecule has 2 N–H and O–H groups in total. The predicted molar refractivity (Wildman–Crippen MR) is 136 cm³/mol. The van der Waals surface area contributed by atoms with E-state index in [0.717, 1.165) is 19.5 Å². The van der Waals surface area contributed by atoms with Crippen LogP contribution in [0.5, 0.6) is 5.75 Å². The van der Waals surface area contributed by atoms with E-state index in [0.29, 0.717) is 22.4 Å². The van der Waals surface area contributed by atoms with Crippen LogP contribution in [-0.2, 0) is 15.6 Å². The Bertz CT molecular complexity index is 1240. The number of rotatable bonds is 12. The Kier molecular flexibility index (Phi) is 8.58. The monoisotopic (exact) mass is 500 g/mol. The summed E-state index contributed by atoms with van der Waals surface area (Å²) in [5, 5.41) is 13.4. The zero-order valence-electron chi connectivity index (χ0n) is 20.4. The van der Waals surface area contributed by atoms with Gasteiger partial charge in [0.15, 0.2) is 9.84 Å². The first-order valence-corrected chi connectivity index (χ1v) is 13.2. The Morgan fingerprint density at radius 3 is 2.34 bits per heavy atom. The van der Waals surface area contributed by atoms with Crippen LogP contribution >= 0.6 is 0 Å². The molecule has 1 unspecified atom stereocenters.